The van der Waals surface area contributed by atoms with Gasteiger partial charge in [-0.2, -0.15) is 0 Å². The minimum absolute atomic E-state index is 0.0143. The fourth-order valence-electron chi connectivity index (χ4n) is 3.09. The van der Waals surface area contributed by atoms with Crippen LogP contribution in [0.3, 0.4) is 0 Å². The van der Waals surface area contributed by atoms with Crippen molar-refractivity contribution in [2.45, 2.75) is 31.7 Å². The Hall–Kier alpha value is -1.52. The quantitative estimate of drug-likeness (QED) is 0.915. The van der Waals surface area contributed by atoms with Gasteiger partial charge < -0.3 is 15.0 Å². The summed E-state index contributed by atoms with van der Waals surface area (Å²) in [6.45, 7) is 0.885. The second kappa shape index (κ2) is 6.08. The van der Waals surface area contributed by atoms with Crippen molar-refractivity contribution in [1.29, 1.82) is 0 Å². The Bertz CT molecular complexity index is 651. The number of likely N-dealkylation sites (tertiary alicyclic amines) is 1. The van der Waals surface area contributed by atoms with Crippen LogP contribution in [0.1, 0.15) is 36.2 Å². The SMILES string of the molecule is O=C(c1cc2ccc(Cl)cc2[nH]1)N1CCCCC1CCO. The first-order chi connectivity index (χ1) is 10.2. The number of hydrogen-bond acceptors (Lipinski definition) is 2. The molecule has 5 heteroatoms. The van der Waals surface area contributed by atoms with Gasteiger partial charge in [0.2, 0.25) is 0 Å². The summed E-state index contributed by atoms with van der Waals surface area (Å²) in [5.41, 5.74) is 1.47. The minimum atomic E-state index is 0.0143. The molecule has 3 rings (SSSR count). The predicted molar refractivity (Wildman–Crippen MR) is 83.7 cm³/mol. The van der Waals surface area contributed by atoms with Gasteiger partial charge in [-0.25, -0.2) is 0 Å². The van der Waals surface area contributed by atoms with Gasteiger partial charge in [-0.15, -0.1) is 0 Å². The summed E-state index contributed by atoms with van der Waals surface area (Å²) in [4.78, 5) is 17.8. The molecule has 2 heterocycles. The molecule has 112 valence electrons. The van der Waals surface area contributed by atoms with Crippen LogP contribution in [0.2, 0.25) is 5.02 Å². The van der Waals surface area contributed by atoms with Gasteiger partial charge >= 0.3 is 0 Å². The van der Waals surface area contributed by atoms with E-state index in [0.29, 0.717) is 17.1 Å². The molecule has 21 heavy (non-hydrogen) atoms. The minimum Gasteiger partial charge on any atom is -0.396 e. The molecule has 1 aromatic heterocycles. The van der Waals surface area contributed by atoms with Gasteiger partial charge in [-0.1, -0.05) is 17.7 Å². The number of hydrogen-bond donors (Lipinski definition) is 2. The number of benzene rings is 1. The van der Waals surface area contributed by atoms with E-state index in [9.17, 15) is 9.90 Å². The van der Waals surface area contributed by atoms with Crippen LogP contribution < -0.4 is 0 Å². The fraction of sp³-hybridized carbons (Fsp3) is 0.438. The molecule has 1 aromatic carbocycles. The van der Waals surface area contributed by atoms with E-state index < -0.39 is 0 Å². The Morgan fingerprint density at radius 1 is 1.38 bits per heavy atom. The lowest BCUT2D eigenvalue weighted by Crippen LogP contribution is -2.44. The molecule has 2 aromatic rings. The van der Waals surface area contributed by atoms with E-state index in [-0.39, 0.29) is 18.6 Å². The van der Waals surface area contributed by atoms with Crippen LogP contribution in [0.15, 0.2) is 24.3 Å². The summed E-state index contributed by atoms with van der Waals surface area (Å²) in [7, 11) is 0. The molecular formula is C16H19ClN2O2. The number of amides is 1. The van der Waals surface area contributed by atoms with Gasteiger partial charge in [0.1, 0.15) is 5.69 Å². The second-order valence-corrected chi connectivity index (χ2v) is 6.01. The zero-order chi connectivity index (χ0) is 14.8. The second-order valence-electron chi connectivity index (χ2n) is 5.58. The molecule has 1 atom stereocenters. The number of carbonyl (C=O) groups excluding carboxylic acids is 1. The van der Waals surface area contributed by atoms with Crippen molar-refractivity contribution in [2.24, 2.45) is 0 Å². The highest BCUT2D eigenvalue weighted by Gasteiger charge is 2.27. The van der Waals surface area contributed by atoms with Crippen molar-refractivity contribution in [3.8, 4) is 0 Å². The first-order valence-corrected chi connectivity index (χ1v) is 7.77. The molecule has 4 nitrogen and oxygen atoms in total. The molecule has 0 saturated carbocycles. The molecule has 0 bridgehead atoms. The predicted octanol–water partition coefficient (Wildman–Crippen LogP) is 3.20. The van der Waals surface area contributed by atoms with E-state index in [4.69, 9.17) is 11.6 Å². The van der Waals surface area contributed by atoms with Crippen LogP contribution in [-0.4, -0.2) is 40.1 Å². The third-order valence-electron chi connectivity index (χ3n) is 4.17. The summed E-state index contributed by atoms with van der Waals surface area (Å²) in [5.74, 6) is 0.0143. The summed E-state index contributed by atoms with van der Waals surface area (Å²) in [5, 5.41) is 10.8. The van der Waals surface area contributed by atoms with Gasteiger partial charge in [-0.3, -0.25) is 4.79 Å². The molecule has 0 aliphatic carbocycles. The number of rotatable bonds is 3. The highest BCUT2D eigenvalue weighted by Crippen LogP contribution is 2.24. The number of carbonyl (C=O) groups is 1. The number of aliphatic hydroxyl groups is 1. The Balaban J connectivity index is 1.87. The van der Waals surface area contributed by atoms with Crippen molar-refractivity contribution in [1.82, 2.24) is 9.88 Å². The van der Waals surface area contributed by atoms with E-state index >= 15 is 0 Å². The number of aliphatic hydroxyl groups excluding tert-OH is 1. The Morgan fingerprint density at radius 2 is 2.24 bits per heavy atom. The maximum absolute atomic E-state index is 12.7. The normalized spacial score (nSPS) is 19.1. The monoisotopic (exact) mass is 306 g/mol. The van der Waals surface area contributed by atoms with E-state index in [1.165, 1.54) is 0 Å². The lowest BCUT2D eigenvalue weighted by Gasteiger charge is -2.35. The molecule has 1 unspecified atom stereocenters. The smallest absolute Gasteiger partial charge is 0.270 e. The zero-order valence-corrected chi connectivity index (χ0v) is 12.6. The van der Waals surface area contributed by atoms with Crippen LogP contribution in [-0.2, 0) is 0 Å². The Labute approximate surface area is 128 Å². The Kier molecular flexibility index (Phi) is 4.17. The lowest BCUT2D eigenvalue weighted by molar-refractivity contribution is 0.0569. The van der Waals surface area contributed by atoms with Crippen LogP contribution >= 0.6 is 11.6 Å². The molecule has 2 N–H and O–H groups in total. The largest absolute Gasteiger partial charge is 0.396 e. The van der Waals surface area contributed by atoms with Crippen molar-refractivity contribution in [3.05, 3.63) is 35.0 Å². The summed E-state index contributed by atoms with van der Waals surface area (Å²) >= 11 is 5.98. The average molecular weight is 307 g/mol. The third kappa shape index (κ3) is 2.92. The fourth-order valence-corrected chi connectivity index (χ4v) is 3.26. The standard InChI is InChI=1S/C16H19ClN2O2/c17-12-5-4-11-9-15(18-14(11)10-12)16(21)19-7-2-1-3-13(19)6-8-20/h4-5,9-10,13,18,20H,1-3,6-8H2. The van der Waals surface area contributed by atoms with Crippen LogP contribution in [0, 0.1) is 0 Å². The lowest BCUT2D eigenvalue weighted by atomic mass is 9.99. The maximum atomic E-state index is 12.7. The molecule has 1 aliphatic heterocycles. The van der Waals surface area contributed by atoms with Crippen molar-refractivity contribution >= 4 is 28.4 Å². The topological polar surface area (TPSA) is 56.3 Å². The van der Waals surface area contributed by atoms with E-state index in [2.05, 4.69) is 4.98 Å². The first-order valence-electron chi connectivity index (χ1n) is 7.39. The van der Waals surface area contributed by atoms with Gasteiger partial charge in [0.15, 0.2) is 0 Å². The molecule has 1 amide bonds. The molecule has 1 fully saturated rings. The summed E-state index contributed by atoms with van der Waals surface area (Å²) in [6.07, 6.45) is 3.77. The third-order valence-corrected chi connectivity index (χ3v) is 4.40. The van der Waals surface area contributed by atoms with Crippen LogP contribution in [0.4, 0.5) is 0 Å². The van der Waals surface area contributed by atoms with E-state index in [1.54, 1.807) is 0 Å². The summed E-state index contributed by atoms with van der Waals surface area (Å²) < 4.78 is 0. The first kappa shape index (κ1) is 14.4. The van der Waals surface area contributed by atoms with Crippen LogP contribution in [0.25, 0.3) is 10.9 Å². The van der Waals surface area contributed by atoms with Crippen molar-refractivity contribution < 1.29 is 9.90 Å². The van der Waals surface area contributed by atoms with Crippen molar-refractivity contribution in [2.75, 3.05) is 13.2 Å². The molecule has 1 saturated heterocycles. The van der Waals surface area contributed by atoms with Gasteiger partial charge in [0.05, 0.1) is 0 Å². The number of aromatic amines is 1. The number of H-pyrrole nitrogens is 1. The highest BCUT2D eigenvalue weighted by molar-refractivity contribution is 6.31. The van der Waals surface area contributed by atoms with Gasteiger partial charge in [0, 0.05) is 35.1 Å². The number of nitrogens with one attached hydrogen (secondary N) is 1. The highest BCUT2D eigenvalue weighted by atomic mass is 35.5. The number of fused-ring (bicyclic) bond motifs is 1. The number of piperidine rings is 1. The maximum Gasteiger partial charge on any atom is 0.270 e. The Morgan fingerprint density at radius 3 is 3.05 bits per heavy atom. The zero-order valence-electron chi connectivity index (χ0n) is 11.8. The molecule has 0 spiro atoms. The van der Waals surface area contributed by atoms with Crippen molar-refractivity contribution in [3.63, 3.8) is 0 Å². The summed E-state index contributed by atoms with van der Waals surface area (Å²) in [6, 6.07) is 7.58. The molecule has 0 radical (unpaired) electrons. The van der Waals surface area contributed by atoms with E-state index in [0.717, 1.165) is 36.7 Å². The molecule has 1 aliphatic rings. The van der Waals surface area contributed by atoms with Gasteiger partial charge in [-0.05, 0) is 43.9 Å². The number of nitrogens with zero attached hydrogens (tertiary/aromatic N) is 1. The number of halogens is 1. The van der Waals surface area contributed by atoms with E-state index in [1.807, 2.05) is 29.2 Å². The number of aromatic nitrogens is 1. The average Bonchev–Trinajstić information content (AvgIpc) is 2.90. The van der Waals surface area contributed by atoms with Crippen LogP contribution in [0.5, 0.6) is 0 Å². The molecular weight excluding hydrogens is 288 g/mol. The van der Waals surface area contributed by atoms with Gasteiger partial charge in [0.25, 0.3) is 5.91 Å².